The van der Waals surface area contributed by atoms with Crippen LogP contribution in [0.2, 0.25) is 0 Å². The van der Waals surface area contributed by atoms with Crippen molar-refractivity contribution in [3.05, 3.63) is 76.9 Å². The molecule has 1 aliphatic rings. The molecule has 0 atom stereocenters. The number of alkyl halides is 6. The summed E-state index contributed by atoms with van der Waals surface area (Å²) in [4.78, 5) is 10.5. The van der Waals surface area contributed by atoms with Gasteiger partial charge in [0, 0.05) is 23.9 Å². The second-order valence-electron chi connectivity index (χ2n) is 8.52. The quantitative estimate of drug-likeness (QED) is 0.214. The number of imidazole rings is 1. The lowest BCUT2D eigenvalue weighted by atomic mass is 9.96. The number of hydrogen-bond donors (Lipinski definition) is 2. The summed E-state index contributed by atoms with van der Waals surface area (Å²) in [5, 5.41) is 2.98. The number of aromatic nitrogens is 3. The van der Waals surface area contributed by atoms with Crippen LogP contribution in [0.3, 0.4) is 0 Å². The lowest BCUT2D eigenvalue weighted by Gasteiger charge is -2.19. The van der Waals surface area contributed by atoms with Crippen LogP contribution in [0.4, 0.5) is 39.5 Å². The van der Waals surface area contributed by atoms with Crippen molar-refractivity contribution < 1.29 is 39.5 Å². The Labute approximate surface area is 208 Å². The van der Waals surface area contributed by atoms with Crippen LogP contribution in [0.5, 0.6) is 0 Å². The van der Waals surface area contributed by atoms with Crippen LogP contribution >= 0.6 is 0 Å². The molecular formula is C25H15F9N4. The minimum Gasteiger partial charge on any atom is -0.338 e. The van der Waals surface area contributed by atoms with E-state index < -0.39 is 63.4 Å². The Morgan fingerprint density at radius 1 is 0.842 bits per heavy atom. The smallest absolute Gasteiger partial charge is 0.338 e. The van der Waals surface area contributed by atoms with Crippen molar-refractivity contribution in [2.45, 2.75) is 18.8 Å². The zero-order valence-electron chi connectivity index (χ0n) is 19.0. The topological polar surface area (TPSA) is 53.6 Å². The normalized spacial score (nSPS) is 14.7. The van der Waals surface area contributed by atoms with Crippen molar-refractivity contribution in [2.75, 3.05) is 13.1 Å². The monoisotopic (exact) mass is 542 g/mol. The van der Waals surface area contributed by atoms with Gasteiger partial charge in [-0.15, -0.1) is 0 Å². The third kappa shape index (κ3) is 4.62. The number of halogens is 9. The van der Waals surface area contributed by atoms with Crippen molar-refractivity contribution >= 4 is 16.6 Å². The van der Waals surface area contributed by atoms with Crippen molar-refractivity contribution in [1.29, 1.82) is 0 Å². The lowest BCUT2D eigenvalue weighted by Crippen LogP contribution is -2.22. The van der Waals surface area contributed by atoms with E-state index in [0.29, 0.717) is 42.9 Å². The van der Waals surface area contributed by atoms with Gasteiger partial charge >= 0.3 is 12.4 Å². The number of fused-ring (bicyclic) bond motifs is 1. The maximum Gasteiger partial charge on any atom is 0.419 e. The highest BCUT2D eigenvalue weighted by molar-refractivity contribution is 5.95. The molecule has 38 heavy (non-hydrogen) atoms. The van der Waals surface area contributed by atoms with E-state index in [2.05, 4.69) is 20.3 Å². The Bertz CT molecular complexity index is 1560. The first-order chi connectivity index (χ1) is 17.8. The Morgan fingerprint density at radius 3 is 2.16 bits per heavy atom. The molecule has 4 aromatic rings. The van der Waals surface area contributed by atoms with E-state index in [9.17, 15) is 39.5 Å². The third-order valence-corrected chi connectivity index (χ3v) is 6.07. The molecule has 5 rings (SSSR count). The average molecular weight is 542 g/mol. The summed E-state index contributed by atoms with van der Waals surface area (Å²) < 4.78 is 125. The third-order valence-electron chi connectivity index (χ3n) is 6.07. The number of pyridine rings is 1. The molecule has 1 aliphatic heterocycles. The number of rotatable bonds is 3. The molecule has 0 fully saturated rings. The van der Waals surface area contributed by atoms with Gasteiger partial charge in [0.05, 0.1) is 27.9 Å². The summed E-state index contributed by atoms with van der Waals surface area (Å²) in [7, 11) is 0. The molecular weight excluding hydrogens is 527 g/mol. The molecule has 0 spiro atoms. The molecule has 2 aromatic heterocycles. The highest BCUT2D eigenvalue weighted by atomic mass is 19.4. The Balaban J connectivity index is 1.78. The number of hydrogen-bond acceptors (Lipinski definition) is 3. The molecule has 0 aliphatic carbocycles. The summed E-state index contributed by atoms with van der Waals surface area (Å²) >= 11 is 0. The largest absolute Gasteiger partial charge is 0.419 e. The maximum absolute atomic E-state index is 14.3. The Morgan fingerprint density at radius 2 is 1.55 bits per heavy atom. The number of benzene rings is 2. The zero-order valence-corrected chi connectivity index (χ0v) is 19.0. The second-order valence-corrected chi connectivity index (χ2v) is 8.52. The fourth-order valence-electron chi connectivity index (χ4n) is 4.37. The fourth-order valence-corrected chi connectivity index (χ4v) is 4.37. The van der Waals surface area contributed by atoms with Crippen molar-refractivity contribution in [1.82, 2.24) is 20.3 Å². The predicted molar refractivity (Wildman–Crippen MR) is 120 cm³/mol. The van der Waals surface area contributed by atoms with E-state index >= 15 is 0 Å². The maximum atomic E-state index is 14.3. The molecule has 2 aromatic carbocycles. The van der Waals surface area contributed by atoms with E-state index in [4.69, 9.17) is 0 Å². The van der Waals surface area contributed by atoms with Crippen LogP contribution in [0.1, 0.15) is 23.2 Å². The summed E-state index contributed by atoms with van der Waals surface area (Å²) in [6.45, 7) is 0.756. The van der Waals surface area contributed by atoms with Crippen molar-refractivity contribution in [2.24, 2.45) is 0 Å². The molecule has 198 valence electrons. The molecule has 3 heterocycles. The van der Waals surface area contributed by atoms with Crippen LogP contribution in [0, 0.1) is 17.5 Å². The molecule has 0 bridgehead atoms. The predicted octanol–water partition coefficient (Wildman–Crippen LogP) is 7.12. The first-order valence-corrected chi connectivity index (χ1v) is 11.1. The van der Waals surface area contributed by atoms with Gasteiger partial charge in [-0.2, -0.15) is 26.3 Å². The minimum atomic E-state index is -4.92. The molecule has 0 amide bonds. The van der Waals surface area contributed by atoms with Crippen LogP contribution < -0.4 is 5.32 Å². The van der Waals surface area contributed by atoms with Gasteiger partial charge in [0.1, 0.15) is 5.82 Å². The highest BCUT2D eigenvalue weighted by Crippen LogP contribution is 2.43. The number of nitrogens with one attached hydrogen (secondary N) is 2. The van der Waals surface area contributed by atoms with E-state index in [-0.39, 0.29) is 23.1 Å². The van der Waals surface area contributed by atoms with E-state index in [0.717, 1.165) is 12.3 Å². The van der Waals surface area contributed by atoms with Gasteiger partial charge < -0.3 is 10.3 Å². The van der Waals surface area contributed by atoms with Gasteiger partial charge in [0.15, 0.2) is 17.5 Å². The summed E-state index contributed by atoms with van der Waals surface area (Å²) in [6.07, 6.45) is -6.88. The van der Waals surface area contributed by atoms with Crippen LogP contribution in [0.15, 0.2) is 42.6 Å². The number of nitrogens with zero attached hydrogens (tertiary/aromatic N) is 2. The van der Waals surface area contributed by atoms with Gasteiger partial charge in [-0.25, -0.2) is 18.2 Å². The molecule has 0 saturated heterocycles. The SMILES string of the molecule is Fc1cc(-c2cc(C(F)(F)F)cc3[nH]c(-c4ccnc(C5=CCNCC5)c4C(F)(F)F)nc23)cc(F)c1F. The van der Waals surface area contributed by atoms with Gasteiger partial charge in [-0.1, -0.05) is 6.08 Å². The summed E-state index contributed by atoms with van der Waals surface area (Å²) in [6, 6.07) is 3.15. The first-order valence-electron chi connectivity index (χ1n) is 11.1. The van der Waals surface area contributed by atoms with Crippen molar-refractivity contribution in [3.8, 4) is 22.5 Å². The van der Waals surface area contributed by atoms with Gasteiger partial charge in [0.25, 0.3) is 0 Å². The lowest BCUT2D eigenvalue weighted by molar-refractivity contribution is -0.138. The average Bonchev–Trinajstić information content (AvgIpc) is 3.30. The van der Waals surface area contributed by atoms with E-state index in [1.807, 2.05) is 0 Å². The molecule has 0 saturated carbocycles. The molecule has 2 N–H and O–H groups in total. The van der Waals surface area contributed by atoms with E-state index in [1.54, 1.807) is 6.08 Å². The van der Waals surface area contributed by atoms with Gasteiger partial charge in [-0.3, -0.25) is 4.98 Å². The number of aromatic amines is 1. The van der Waals surface area contributed by atoms with E-state index in [1.165, 1.54) is 0 Å². The Hall–Kier alpha value is -3.87. The highest BCUT2D eigenvalue weighted by Gasteiger charge is 2.39. The minimum absolute atomic E-state index is 0.264. The molecule has 13 heteroatoms. The Kier molecular flexibility index (Phi) is 6.21. The number of H-pyrrole nitrogens is 1. The van der Waals surface area contributed by atoms with Gasteiger partial charge in [0.2, 0.25) is 0 Å². The van der Waals surface area contributed by atoms with Crippen LogP contribution in [-0.2, 0) is 12.4 Å². The molecule has 0 radical (unpaired) electrons. The summed E-state index contributed by atoms with van der Waals surface area (Å²) in [5.74, 6) is -5.58. The molecule has 4 nitrogen and oxygen atoms in total. The van der Waals surface area contributed by atoms with Crippen molar-refractivity contribution in [3.63, 3.8) is 0 Å². The fraction of sp³-hybridized carbons (Fsp3) is 0.200. The molecule has 0 unspecified atom stereocenters. The zero-order chi connectivity index (χ0) is 27.4. The van der Waals surface area contributed by atoms with Crippen LogP contribution in [0.25, 0.3) is 39.1 Å². The first kappa shape index (κ1) is 25.8. The van der Waals surface area contributed by atoms with Gasteiger partial charge in [-0.05, 0) is 54.4 Å². The summed E-state index contributed by atoms with van der Waals surface area (Å²) in [5.41, 5.74) is -4.46. The second kappa shape index (κ2) is 9.15. The standard InChI is InChI=1S/C25H15F9N4/c26-16-7-12(8-17(27)20(16)28)15-9-13(24(29,30)31)10-18-22(15)38-23(37-18)14-3-6-36-21(19(14)25(32,33)34)11-1-4-35-5-2-11/h1,3,6-10,35H,2,4-5H2,(H,37,38). The van der Waals surface area contributed by atoms with Crippen LogP contribution in [-0.4, -0.2) is 28.0 Å².